The second-order valence-corrected chi connectivity index (χ2v) is 10.5. The van der Waals surface area contributed by atoms with Crippen molar-refractivity contribution in [1.82, 2.24) is 24.8 Å². The van der Waals surface area contributed by atoms with Gasteiger partial charge in [0, 0.05) is 37.8 Å². The smallest absolute Gasteiger partial charge is 0.253 e. The molecule has 2 aromatic carbocycles. The van der Waals surface area contributed by atoms with Gasteiger partial charge in [-0.25, -0.2) is 13.1 Å². The summed E-state index contributed by atoms with van der Waals surface area (Å²) in [5, 5.41) is 8.40. The van der Waals surface area contributed by atoms with Gasteiger partial charge in [0.15, 0.2) is 9.84 Å². The third-order valence-electron chi connectivity index (χ3n) is 6.28. The average Bonchev–Trinajstić information content (AvgIpc) is 3.37. The van der Waals surface area contributed by atoms with Gasteiger partial charge in [0.05, 0.1) is 23.6 Å². The summed E-state index contributed by atoms with van der Waals surface area (Å²) in [5.74, 6) is 0.563. The molecular formula is C22H25N5O3S. The lowest BCUT2D eigenvalue weighted by atomic mass is 10.1. The number of sulfone groups is 1. The Morgan fingerprint density at radius 3 is 2.45 bits per heavy atom. The minimum Gasteiger partial charge on any atom is -0.336 e. The number of carbonyl (C=O) groups excluding carboxylic acids is 1. The lowest BCUT2D eigenvalue weighted by molar-refractivity contribution is 0.0588. The number of hydrogen-bond acceptors (Lipinski definition) is 6. The molecule has 2 aliphatic rings. The van der Waals surface area contributed by atoms with Gasteiger partial charge in [-0.05, 0) is 36.2 Å². The van der Waals surface area contributed by atoms with Gasteiger partial charge in [0.25, 0.3) is 5.91 Å². The Morgan fingerprint density at radius 1 is 1.00 bits per heavy atom. The van der Waals surface area contributed by atoms with E-state index in [1.165, 1.54) is 0 Å². The van der Waals surface area contributed by atoms with Gasteiger partial charge in [-0.15, -0.1) is 5.10 Å². The van der Waals surface area contributed by atoms with Crippen LogP contribution in [0.2, 0.25) is 0 Å². The van der Waals surface area contributed by atoms with E-state index >= 15 is 0 Å². The van der Waals surface area contributed by atoms with Crippen LogP contribution in [0.4, 0.5) is 0 Å². The van der Waals surface area contributed by atoms with Crippen molar-refractivity contribution in [2.75, 3.05) is 37.7 Å². The molecule has 2 fully saturated rings. The van der Waals surface area contributed by atoms with Gasteiger partial charge in [0.2, 0.25) is 0 Å². The van der Waals surface area contributed by atoms with Crippen LogP contribution in [0.1, 0.15) is 22.3 Å². The van der Waals surface area contributed by atoms with E-state index in [2.05, 4.69) is 15.2 Å². The maximum atomic E-state index is 12.9. The molecule has 0 aliphatic carbocycles. The number of rotatable bonds is 4. The molecule has 162 valence electrons. The molecule has 3 heterocycles. The number of carbonyl (C=O) groups is 1. The highest BCUT2D eigenvalue weighted by molar-refractivity contribution is 7.91. The number of nitrogens with zero attached hydrogens (tertiary/aromatic N) is 5. The fourth-order valence-electron chi connectivity index (χ4n) is 4.50. The first-order chi connectivity index (χ1) is 15.0. The van der Waals surface area contributed by atoms with Gasteiger partial charge in [0.1, 0.15) is 5.52 Å². The van der Waals surface area contributed by atoms with E-state index in [0.29, 0.717) is 31.6 Å². The van der Waals surface area contributed by atoms with E-state index in [1.54, 1.807) is 0 Å². The van der Waals surface area contributed by atoms with Crippen molar-refractivity contribution in [3.05, 3.63) is 59.7 Å². The average molecular weight is 440 g/mol. The van der Waals surface area contributed by atoms with Crippen molar-refractivity contribution in [3.63, 3.8) is 0 Å². The number of aromatic nitrogens is 3. The highest BCUT2D eigenvalue weighted by Gasteiger charge is 2.34. The van der Waals surface area contributed by atoms with Crippen molar-refractivity contribution in [2.45, 2.75) is 19.0 Å². The van der Waals surface area contributed by atoms with Crippen LogP contribution in [0.5, 0.6) is 0 Å². The molecule has 1 amide bonds. The Hall–Kier alpha value is -2.78. The fraction of sp³-hybridized carbons (Fsp3) is 0.409. The molecule has 0 radical (unpaired) electrons. The number of hydrogen-bond donors (Lipinski definition) is 0. The van der Waals surface area contributed by atoms with Crippen LogP contribution < -0.4 is 0 Å². The van der Waals surface area contributed by atoms with Crippen LogP contribution in [-0.4, -0.2) is 82.8 Å². The van der Waals surface area contributed by atoms with Crippen molar-refractivity contribution in [1.29, 1.82) is 0 Å². The molecule has 0 N–H and O–H groups in total. The summed E-state index contributed by atoms with van der Waals surface area (Å²) in [7, 11) is -2.89. The molecule has 1 aromatic heterocycles. The third kappa shape index (κ3) is 4.20. The van der Waals surface area contributed by atoms with Gasteiger partial charge in [-0.2, -0.15) is 0 Å². The molecule has 8 nitrogen and oxygen atoms in total. The van der Waals surface area contributed by atoms with E-state index < -0.39 is 9.84 Å². The molecule has 0 spiro atoms. The van der Waals surface area contributed by atoms with Crippen LogP contribution in [0.15, 0.2) is 48.5 Å². The van der Waals surface area contributed by atoms with E-state index in [1.807, 2.05) is 58.1 Å². The minimum atomic E-state index is -2.89. The molecule has 3 aromatic rings. The van der Waals surface area contributed by atoms with Gasteiger partial charge < -0.3 is 4.90 Å². The zero-order valence-corrected chi connectivity index (χ0v) is 18.0. The Balaban J connectivity index is 1.20. The second kappa shape index (κ2) is 8.05. The van der Waals surface area contributed by atoms with E-state index in [0.717, 1.165) is 29.7 Å². The molecule has 1 atom stereocenters. The Labute approximate surface area is 181 Å². The normalized spacial score (nSPS) is 21.5. The highest BCUT2D eigenvalue weighted by atomic mass is 32.2. The standard InChI is InChI=1S/C22H25N5O3S/c28-22(26-12-10-25(11-13-26)19-9-14-31(29,30)16-19)18-7-5-17(6-8-18)15-27-21-4-2-1-3-20(21)23-24-27/h1-8,19H,9-16H2/t19-/m1/s1. The molecule has 31 heavy (non-hydrogen) atoms. The Morgan fingerprint density at radius 2 is 1.74 bits per heavy atom. The molecule has 9 heteroatoms. The molecule has 5 rings (SSSR count). The predicted octanol–water partition coefficient (Wildman–Crippen LogP) is 1.42. The number of benzene rings is 2. The number of para-hydroxylation sites is 1. The Kier molecular flexibility index (Phi) is 5.23. The van der Waals surface area contributed by atoms with Crippen molar-refractivity contribution >= 4 is 26.8 Å². The lowest BCUT2D eigenvalue weighted by Gasteiger charge is -2.37. The number of piperazine rings is 1. The quantitative estimate of drug-likeness (QED) is 0.611. The van der Waals surface area contributed by atoms with E-state index in [-0.39, 0.29) is 23.5 Å². The lowest BCUT2D eigenvalue weighted by Crippen LogP contribution is -2.52. The summed E-state index contributed by atoms with van der Waals surface area (Å²) in [6, 6.07) is 15.6. The number of amides is 1. The zero-order valence-electron chi connectivity index (χ0n) is 17.2. The van der Waals surface area contributed by atoms with Crippen molar-refractivity contribution < 1.29 is 13.2 Å². The Bertz CT molecular complexity index is 1200. The fourth-order valence-corrected chi connectivity index (χ4v) is 6.26. The molecule has 0 saturated carbocycles. The predicted molar refractivity (Wildman–Crippen MR) is 118 cm³/mol. The largest absolute Gasteiger partial charge is 0.336 e. The first-order valence-electron chi connectivity index (χ1n) is 10.6. The van der Waals surface area contributed by atoms with Crippen LogP contribution >= 0.6 is 0 Å². The third-order valence-corrected chi connectivity index (χ3v) is 8.03. The first kappa shape index (κ1) is 20.1. The molecule has 0 bridgehead atoms. The summed E-state index contributed by atoms with van der Waals surface area (Å²) in [6.07, 6.45) is 0.707. The topological polar surface area (TPSA) is 88.4 Å². The van der Waals surface area contributed by atoms with Gasteiger partial charge >= 0.3 is 0 Å². The maximum Gasteiger partial charge on any atom is 0.253 e. The molecule has 2 saturated heterocycles. The zero-order chi connectivity index (χ0) is 21.4. The summed E-state index contributed by atoms with van der Waals surface area (Å²) in [5.41, 5.74) is 3.57. The van der Waals surface area contributed by atoms with Crippen LogP contribution in [0, 0.1) is 0 Å². The van der Waals surface area contributed by atoms with Gasteiger partial charge in [-0.1, -0.05) is 29.5 Å². The second-order valence-electron chi connectivity index (χ2n) is 8.32. The SMILES string of the molecule is O=C(c1ccc(Cn2nnc3ccccc32)cc1)N1CCN([C@@H]2CCS(=O)(=O)C2)CC1. The monoisotopic (exact) mass is 439 g/mol. The van der Waals surface area contributed by atoms with E-state index in [9.17, 15) is 13.2 Å². The molecule has 0 unspecified atom stereocenters. The van der Waals surface area contributed by atoms with Crippen LogP contribution in [-0.2, 0) is 16.4 Å². The number of fused-ring (bicyclic) bond motifs is 1. The summed E-state index contributed by atoms with van der Waals surface area (Å²) >= 11 is 0. The minimum absolute atomic E-state index is 0.0245. The van der Waals surface area contributed by atoms with Crippen molar-refractivity contribution in [3.8, 4) is 0 Å². The summed E-state index contributed by atoms with van der Waals surface area (Å²) in [4.78, 5) is 17.0. The molecule has 2 aliphatic heterocycles. The van der Waals surface area contributed by atoms with Crippen molar-refractivity contribution in [2.24, 2.45) is 0 Å². The summed E-state index contributed by atoms with van der Waals surface area (Å²) in [6.45, 7) is 3.30. The summed E-state index contributed by atoms with van der Waals surface area (Å²) < 4.78 is 25.3. The van der Waals surface area contributed by atoms with Crippen LogP contribution in [0.25, 0.3) is 11.0 Å². The van der Waals surface area contributed by atoms with Crippen LogP contribution in [0.3, 0.4) is 0 Å². The van der Waals surface area contributed by atoms with Gasteiger partial charge in [-0.3, -0.25) is 9.69 Å². The first-order valence-corrected chi connectivity index (χ1v) is 12.4. The van der Waals surface area contributed by atoms with E-state index in [4.69, 9.17) is 0 Å². The maximum absolute atomic E-state index is 12.9. The highest BCUT2D eigenvalue weighted by Crippen LogP contribution is 2.20. The molecular weight excluding hydrogens is 414 g/mol.